The predicted molar refractivity (Wildman–Crippen MR) is 110 cm³/mol. The van der Waals surface area contributed by atoms with Gasteiger partial charge in [-0.2, -0.15) is 0 Å². The van der Waals surface area contributed by atoms with Gasteiger partial charge in [-0.25, -0.2) is 12.4 Å². The Hall–Kier alpha value is -3.00. The number of rotatable bonds is 6. The van der Waals surface area contributed by atoms with Gasteiger partial charge in [-0.05, 0) is 43.0 Å². The van der Waals surface area contributed by atoms with Gasteiger partial charge in [0, 0.05) is 11.9 Å². The lowest BCUT2D eigenvalue weighted by atomic mass is 10.2. The van der Waals surface area contributed by atoms with Crippen molar-refractivity contribution in [3.8, 4) is 0 Å². The number of amides is 1. The van der Waals surface area contributed by atoms with E-state index in [0.717, 1.165) is 29.2 Å². The first-order valence-electron chi connectivity index (χ1n) is 9.57. The second-order valence-corrected chi connectivity index (χ2v) is 9.46. The summed E-state index contributed by atoms with van der Waals surface area (Å²) in [5.74, 6) is 0.751. The summed E-state index contributed by atoms with van der Waals surface area (Å²) in [6.45, 7) is 1.01. The zero-order valence-corrected chi connectivity index (χ0v) is 16.8. The van der Waals surface area contributed by atoms with Crippen LogP contribution < -0.4 is 5.32 Å². The Morgan fingerprint density at radius 3 is 2.66 bits per heavy atom. The zero-order chi connectivity index (χ0) is 20.2. The van der Waals surface area contributed by atoms with Crippen LogP contribution in [0.3, 0.4) is 0 Å². The van der Waals surface area contributed by atoms with Crippen LogP contribution in [0.1, 0.15) is 29.1 Å². The molecule has 1 aliphatic carbocycles. The average Bonchev–Trinajstić information content (AvgIpc) is 3.10. The van der Waals surface area contributed by atoms with Gasteiger partial charge in [-0.15, -0.1) is 0 Å². The molecule has 0 unspecified atom stereocenters. The third-order valence-electron chi connectivity index (χ3n) is 5.38. The molecule has 150 valence electrons. The number of benzene rings is 1. The summed E-state index contributed by atoms with van der Waals surface area (Å²) >= 11 is 0. The molecule has 1 N–H and O–H groups in total. The number of carbonyl (C=O) groups is 1. The Bertz CT molecular complexity index is 1330. The first-order chi connectivity index (χ1) is 13.9. The van der Waals surface area contributed by atoms with Crippen LogP contribution in [0, 0.1) is 5.92 Å². The fourth-order valence-corrected chi connectivity index (χ4v) is 4.92. The second kappa shape index (κ2) is 6.52. The van der Waals surface area contributed by atoms with Gasteiger partial charge < -0.3 is 14.3 Å². The molecule has 8 heteroatoms. The first kappa shape index (κ1) is 18.1. The highest BCUT2D eigenvalue weighted by Gasteiger charge is 2.29. The quantitative estimate of drug-likeness (QED) is 0.527. The van der Waals surface area contributed by atoms with E-state index in [2.05, 4.69) is 9.88 Å². The van der Waals surface area contributed by atoms with E-state index in [4.69, 9.17) is 4.42 Å². The summed E-state index contributed by atoms with van der Waals surface area (Å²) < 4.78 is 34.0. The summed E-state index contributed by atoms with van der Waals surface area (Å²) in [6.07, 6.45) is 5.01. The van der Waals surface area contributed by atoms with E-state index in [1.54, 1.807) is 18.2 Å². The molecule has 7 nitrogen and oxygen atoms in total. The summed E-state index contributed by atoms with van der Waals surface area (Å²) in [4.78, 5) is 12.9. The normalized spacial score (nSPS) is 14.7. The lowest BCUT2D eigenvalue weighted by Gasteiger charge is -2.09. The molecule has 1 aliphatic rings. The summed E-state index contributed by atoms with van der Waals surface area (Å²) in [6, 6.07) is 12.9. The van der Waals surface area contributed by atoms with Gasteiger partial charge in [-0.3, -0.25) is 4.79 Å². The van der Waals surface area contributed by atoms with Gasteiger partial charge in [0.25, 0.3) is 5.91 Å². The summed E-state index contributed by atoms with van der Waals surface area (Å²) in [5.41, 5.74) is 2.43. The molecule has 1 fully saturated rings. The number of hydrogen-bond acceptors (Lipinski definition) is 4. The van der Waals surface area contributed by atoms with Gasteiger partial charge in [0.15, 0.2) is 0 Å². The van der Waals surface area contributed by atoms with Crippen molar-refractivity contribution in [2.45, 2.75) is 25.9 Å². The van der Waals surface area contributed by atoms with Crippen LogP contribution in [0.15, 0.2) is 53.1 Å². The van der Waals surface area contributed by atoms with Gasteiger partial charge in [0.05, 0.1) is 35.6 Å². The maximum absolute atomic E-state index is 12.9. The number of nitrogens with one attached hydrogen (secondary N) is 1. The van der Waals surface area contributed by atoms with E-state index in [-0.39, 0.29) is 12.2 Å². The molecule has 1 amide bonds. The minimum atomic E-state index is -3.71. The molecular formula is C21H21N3O4S. The van der Waals surface area contributed by atoms with Gasteiger partial charge in [0.2, 0.25) is 10.0 Å². The van der Waals surface area contributed by atoms with E-state index < -0.39 is 15.9 Å². The fraction of sp³-hybridized carbons (Fsp3) is 0.286. The maximum Gasteiger partial charge on any atom is 0.269 e. The molecule has 4 aromatic rings. The molecule has 0 bridgehead atoms. The van der Waals surface area contributed by atoms with E-state index in [1.807, 2.05) is 24.3 Å². The van der Waals surface area contributed by atoms with Gasteiger partial charge in [0.1, 0.15) is 11.5 Å². The minimum absolute atomic E-state index is 0.111. The van der Waals surface area contributed by atoms with Crippen molar-refractivity contribution in [2.24, 2.45) is 5.92 Å². The van der Waals surface area contributed by atoms with Crippen molar-refractivity contribution in [3.05, 3.63) is 60.2 Å². The highest BCUT2D eigenvalue weighted by molar-refractivity contribution is 7.89. The smallest absolute Gasteiger partial charge is 0.269 e. The number of fused-ring (bicyclic) bond motifs is 3. The highest BCUT2D eigenvalue weighted by Crippen LogP contribution is 2.37. The number of aromatic nitrogens is 2. The molecule has 1 aromatic carbocycles. The van der Waals surface area contributed by atoms with Crippen molar-refractivity contribution < 1.29 is 17.6 Å². The Morgan fingerprint density at radius 2 is 1.97 bits per heavy atom. The average molecular weight is 411 g/mol. The molecule has 0 atom stereocenters. The van der Waals surface area contributed by atoms with E-state index in [1.165, 1.54) is 23.1 Å². The number of nitrogens with zero attached hydrogens (tertiary/aromatic N) is 2. The number of furan rings is 1. The van der Waals surface area contributed by atoms with Crippen molar-refractivity contribution in [3.63, 3.8) is 0 Å². The lowest BCUT2D eigenvalue weighted by molar-refractivity contribution is 0.0942. The molecule has 3 heterocycles. The zero-order valence-electron chi connectivity index (χ0n) is 16.0. The lowest BCUT2D eigenvalue weighted by Crippen LogP contribution is -2.27. The third kappa shape index (κ3) is 3.13. The van der Waals surface area contributed by atoms with Gasteiger partial charge >= 0.3 is 0 Å². The van der Waals surface area contributed by atoms with Crippen LogP contribution in [0.4, 0.5) is 0 Å². The number of para-hydroxylation sites is 1. The number of hydrogen-bond donors (Lipinski definition) is 1. The van der Waals surface area contributed by atoms with Crippen molar-refractivity contribution in [2.75, 3.05) is 6.26 Å². The van der Waals surface area contributed by atoms with Crippen LogP contribution >= 0.6 is 0 Å². The standard InChI is InChI=1S/C21H21N3O4S/c1-29(26,27)24-19(21(25)22-12-15-5-4-10-28-15)11-18-20(24)16-6-2-3-7-17(16)23(18)13-14-8-9-14/h2-7,10-11,14H,8-9,12-13H2,1H3,(H,22,25). The molecule has 0 saturated heterocycles. The minimum Gasteiger partial charge on any atom is -0.467 e. The van der Waals surface area contributed by atoms with Crippen molar-refractivity contribution in [1.82, 2.24) is 13.9 Å². The molecule has 1 saturated carbocycles. The van der Waals surface area contributed by atoms with E-state index in [0.29, 0.717) is 17.2 Å². The third-order valence-corrected chi connectivity index (χ3v) is 6.43. The van der Waals surface area contributed by atoms with Crippen LogP contribution in [-0.2, 0) is 23.1 Å². The maximum atomic E-state index is 12.9. The van der Waals surface area contributed by atoms with Gasteiger partial charge in [-0.1, -0.05) is 18.2 Å². The monoisotopic (exact) mass is 411 g/mol. The molecular weight excluding hydrogens is 390 g/mol. The topological polar surface area (TPSA) is 86.2 Å². The van der Waals surface area contributed by atoms with Crippen LogP contribution in [0.25, 0.3) is 21.9 Å². The predicted octanol–water partition coefficient (Wildman–Crippen LogP) is 3.34. The van der Waals surface area contributed by atoms with Crippen LogP contribution in [0.2, 0.25) is 0 Å². The van der Waals surface area contributed by atoms with Crippen LogP contribution in [0.5, 0.6) is 0 Å². The Kier molecular flexibility index (Phi) is 4.06. The fourth-order valence-electron chi connectivity index (χ4n) is 3.90. The molecule has 3 aromatic heterocycles. The SMILES string of the molecule is CS(=O)(=O)n1c(C(=O)NCc2ccco2)cc2c1c1ccccc1n2CC1CC1. The molecule has 5 rings (SSSR count). The van der Waals surface area contributed by atoms with E-state index in [9.17, 15) is 13.2 Å². The van der Waals surface area contributed by atoms with Crippen LogP contribution in [-0.4, -0.2) is 29.1 Å². The molecule has 29 heavy (non-hydrogen) atoms. The Labute approximate surface area is 168 Å². The van der Waals surface area contributed by atoms with E-state index >= 15 is 0 Å². The number of carbonyl (C=O) groups excluding carboxylic acids is 1. The second-order valence-electron chi connectivity index (χ2n) is 7.62. The molecule has 0 aliphatic heterocycles. The van der Waals surface area contributed by atoms with Crippen molar-refractivity contribution >= 4 is 37.9 Å². The highest BCUT2D eigenvalue weighted by atomic mass is 32.2. The summed E-state index contributed by atoms with van der Waals surface area (Å²) in [7, 11) is -3.71. The largest absolute Gasteiger partial charge is 0.467 e. The molecule has 0 spiro atoms. The molecule has 0 radical (unpaired) electrons. The Balaban J connectivity index is 1.68. The Morgan fingerprint density at radius 1 is 1.17 bits per heavy atom. The first-order valence-corrected chi connectivity index (χ1v) is 11.4. The summed E-state index contributed by atoms with van der Waals surface area (Å²) in [5, 5.41) is 3.59. The van der Waals surface area contributed by atoms with Crippen molar-refractivity contribution in [1.29, 1.82) is 0 Å².